The number of para-hydroxylation sites is 2. The zero-order chi connectivity index (χ0) is 18.9. The summed E-state index contributed by atoms with van der Waals surface area (Å²) in [6, 6.07) is 10.8. The second kappa shape index (κ2) is 7.31. The van der Waals surface area contributed by atoms with E-state index in [1.807, 2.05) is 18.3 Å². The lowest BCUT2D eigenvalue weighted by molar-refractivity contribution is -0.147. The monoisotopic (exact) mass is 374 g/mol. The number of alkyl halides is 3. The lowest BCUT2D eigenvalue weighted by Crippen LogP contribution is -2.35. The molecule has 1 aromatic carbocycles. The third kappa shape index (κ3) is 3.98. The molecule has 3 aromatic rings. The summed E-state index contributed by atoms with van der Waals surface area (Å²) in [7, 11) is 0. The van der Waals surface area contributed by atoms with Crippen LogP contribution in [0.5, 0.6) is 0 Å². The normalized spacial score (nSPS) is 16.9. The molecule has 4 rings (SSSR count). The maximum atomic E-state index is 13.4. The van der Waals surface area contributed by atoms with E-state index < -0.39 is 12.0 Å². The first-order chi connectivity index (χ1) is 13.0. The molecule has 2 aromatic heterocycles. The van der Waals surface area contributed by atoms with Crippen molar-refractivity contribution in [1.29, 1.82) is 0 Å². The number of rotatable bonds is 4. The van der Waals surface area contributed by atoms with Crippen LogP contribution in [0.4, 0.5) is 13.2 Å². The van der Waals surface area contributed by atoms with Crippen LogP contribution in [-0.2, 0) is 19.3 Å². The summed E-state index contributed by atoms with van der Waals surface area (Å²) in [5, 5.41) is 0. The van der Waals surface area contributed by atoms with E-state index in [-0.39, 0.29) is 5.92 Å². The fourth-order valence-electron chi connectivity index (χ4n) is 3.81. The van der Waals surface area contributed by atoms with Gasteiger partial charge in [0.25, 0.3) is 0 Å². The molecule has 0 bridgehead atoms. The highest BCUT2D eigenvalue weighted by Crippen LogP contribution is 2.33. The lowest BCUT2D eigenvalue weighted by atomic mass is 9.96. The summed E-state index contributed by atoms with van der Waals surface area (Å²) in [6.07, 6.45) is 0.927. The first-order valence-corrected chi connectivity index (χ1v) is 9.14. The van der Waals surface area contributed by atoms with Gasteiger partial charge in [0.1, 0.15) is 0 Å². The second-order valence-electron chi connectivity index (χ2n) is 7.11. The maximum Gasteiger partial charge on any atom is 0.449 e. The largest absolute Gasteiger partial charge is 0.449 e. The van der Waals surface area contributed by atoms with Gasteiger partial charge in [0.15, 0.2) is 0 Å². The highest BCUT2D eigenvalue weighted by molar-refractivity contribution is 5.76. The highest BCUT2D eigenvalue weighted by atomic mass is 19.4. The van der Waals surface area contributed by atoms with Crippen molar-refractivity contribution >= 4 is 11.0 Å². The van der Waals surface area contributed by atoms with E-state index in [2.05, 4.69) is 14.9 Å². The molecule has 0 amide bonds. The summed E-state index contributed by atoms with van der Waals surface area (Å²) >= 11 is 0. The molecule has 142 valence electrons. The number of hydrogen-bond donors (Lipinski definition) is 0. The average Bonchev–Trinajstić information content (AvgIpc) is 3.03. The Bertz CT molecular complexity index is 896. The number of likely N-dealkylation sites (tertiary alicyclic amines) is 1. The molecule has 3 heterocycles. The van der Waals surface area contributed by atoms with E-state index in [1.54, 1.807) is 30.5 Å². The molecule has 0 N–H and O–H groups in total. The minimum atomic E-state index is -4.44. The zero-order valence-corrected chi connectivity index (χ0v) is 14.9. The van der Waals surface area contributed by atoms with Crippen molar-refractivity contribution in [3.63, 3.8) is 0 Å². The van der Waals surface area contributed by atoms with Gasteiger partial charge in [-0.05, 0) is 55.6 Å². The van der Waals surface area contributed by atoms with Gasteiger partial charge in [-0.1, -0.05) is 18.2 Å². The van der Waals surface area contributed by atoms with E-state index in [4.69, 9.17) is 0 Å². The van der Waals surface area contributed by atoms with Gasteiger partial charge in [0.05, 0.1) is 11.0 Å². The first-order valence-electron chi connectivity index (χ1n) is 9.14. The van der Waals surface area contributed by atoms with Gasteiger partial charge in [-0.3, -0.25) is 9.88 Å². The molecule has 0 spiro atoms. The number of pyridine rings is 1. The fraction of sp³-hybridized carbons (Fsp3) is 0.400. The van der Waals surface area contributed by atoms with Crippen molar-refractivity contribution in [2.24, 2.45) is 5.92 Å². The molecular weight excluding hydrogens is 353 g/mol. The lowest BCUT2D eigenvalue weighted by Gasteiger charge is -2.32. The van der Waals surface area contributed by atoms with Crippen molar-refractivity contribution in [3.8, 4) is 0 Å². The molecular formula is C20H21F3N4. The Kier molecular flexibility index (Phi) is 4.86. The van der Waals surface area contributed by atoms with Gasteiger partial charge in [-0.2, -0.15) is 13.2 Å². The van der Waals surface area contributed by atoms with Crippen LogP contribution in [0.25, 0.3) is 11.0 Å². The summed E-state index contributed by atoms with van der Waals surface area (Å²) < 4.78 is 41.7. The Morgan fingerprint density at radius 2 is 1.81 bits per heavy atom. The van der Waals surface area contributed by atoms with Crippen LogP contribution in [0.1, 0.15) is 24.2 Å². The minimum Gasteiger partial charge on any atom is -0.320 e. The molecule has 0 unspecified atom stereocenters. The molecule has 0 aliphatic carbocycles. The van der Waals surface area contributed by atoms with Gasteiger partial charge in [-0.25, -0.2) is 4.98 Å². The summed E-state index contributed by atoms with van der Waals surface area (Å²) in [5.41, 5.74) is 2.12. The average molecular weight is 374 g/mol. The Morgan fingerprint density at radius 1 is 1.04 bits per heavy atom. The molecule has 0 saturated carbocycles. The Hall–Kier alpha value is -2.41. The number of piperidine rings is 1. The topological polar surface area (TPSA) is 34.0 Å². The summed E-state index contributed by atoms with van der Waals surface area (Å²) in [4.78, 5) is 10.3. The quantitative estimate of drug-likeness (QED) is 0.680. The van der Waals surface area contributed by atoms with Gasteiger partial charge in [-0.15, -0.1) is 0 Å². The smallest absolute Gasteiger partial charge is 0.320 e. The van der Waals surface area contributed by atoms with Gasteiger partial charge >= 0.3 is 6.18 Å². The van der Waals surface area contributed by atoms with Crippen molar-refractivity contribution < 1.29 is 13.2 Å². The predicted octanol–water partition coefficient (Wildman–Crippen LogP) is 4.36. The summed E-state index contributed by atoms with van der Waals surface area (Å²) in [6.45, 7) is 2.96. The van der Waals surface area contributed by atoms with E-state index in [9.17, 15) is 13.2 Å². The van der Waals surface area contributed by atoms with E-state index in [1.165, 1.54) is 4.57 Å². The first kappa shape index (κ1) is 18.0. The highest BCUT2D eigenvalue weighted by Gasteiger charge is 2.38. The van der Waals surface area contributed by atoms with Crippen molar-refractivity contribution in [1.82, 2.24) is 19.4 Å². The van der Waals surface area contributed by atoms with Crippen molar-refractivity contribution in [2.45, 2.75) is 32.1 Å². The van der Waals surface area contributed by atoms with Crippen LogP contribution in [-0.4, -0.2) is 32.5 Å². The zero-order valence-electron chi connectivity index (χ0n) is 14.9. The third-order valence-corrected chi connectivity index (χ3v) is 5.18. The summed E-state index contributed by atoms with van der Waals surface area (Å²) in [5.74, 6) is -0.574. The Balaban J connectivity index is 1.46. The SMILES string of the molecule is FC(F)(F)c1nc2ccccc2n1CC1CCN(Cc2cccnc2)CC1. The van der Waals surface area contributed by atoms with E-state index >= 15 is 0 Å². The standard InChI is InChI=1S/C20H21F3N4/c21-20(22,23)19-25-17-5-1-2-6-18(17)27(19)14-15-7-10-26(11-8-15)13-16-4-3-9-24-12-16/h1-6,9,12,15H,7-8,10-11,13-14H2. The molecule has 1 saturated heterocycles. The maximum absolute atomic E-state index is 13.4. The number of benzene rings is 1. The predicted molar refractivity (Wildman–Crippen MR) is 97.0 cm³/mol. The van der Waals surface area contributed by atoms with Crippen LogP contribution in [0.3, 0.4) is 0 Å². The van der Waals surface area contributed by atoms with Crippen molar-refractivity contribution in [2.75, 3.05) is 13.1 Å². The number of imidazole rings is 1. The minimum absolute atomic E-state index is 0.217. The Labute approximate surface area is 155 Å². The molecule has 1 fully saturated rings. The molecule has 0 radical (unpaired) electrons. The third-order valence-electron chi connectivity index (χ3n) is 5.18. The fourth-order valence-corrected chi connectivity index (χ4v) is 3.81. The van der Waals surface area contributed by atoms with Gasteiger partial charge in [0, 0.05) is 25.5 Å². The molecule has 0 atom stereocenters. The van der Waals surface area contributed by atoms with Gasteiger partial charge in [0.2, 0.25) is 5.82 Å². The molecule has 4 nitrogen and oxygen atoms in total. The van der Waals surface area contributed by atoms with Crippen LogP contribution in [0.2, 0.25) is 0 Å². The van der Waals surface area contributed by atoms with E-state index in [0.29, 0.717) is 17.6 Å². The number of hydrogen-bond acceptors (Lipinski definition) is 3. The Morgan fingerprint density at radius 3 is 2.52 bits per heavy atom. The molecule has 27 heavy (non-hydrogen) atoms. The molecule has 7 heteroatoms. The van der Waals surface area contributed by atoms with Crippen LogP contribution >= 0.6 is 0 Å². The number of fused-ring (bicyclic) bond motifs is 1. The van der Waals surface area contributed by atoms with Crippen LogP contribution in [0, 0.1) is 5.92 Å². The molecule has 1 aliphatic rings. The second-order valence-corrected chi connectivity index (χ2v) is 7.11. The number of nitrogens with zero attached hydrogens (tertiary/aromatic N) is 4. The van der Waals surface area contributed by atoms with Gasteiger partial charge < -0.3 is 4.57 Å². The van der Waals surface area contributed by atoms with Crippen molar-refractivity contribution in [3.05, 3.63) is 60.2 Å². The number of aromatic nitrogens is 3. The van der Waals surface area contributed by atoms with Crippen LogP contribution < -0.4 is 0 Å². The number of halogens is 3. The van der Waals surface area contributed by atoms with E-state index in [0.717, 1.165) is 38.0 Å². The van der Waals surface area contributed by atoms with Crippen LogP contribution in [0.15, 0.2) is 48.8 Å². The molecule has 1 aliphatic heterocycles.